The van der Waals surface area contributed by atoms with Gasteiger partial charge in [0, 0.05) is 30.0 Å². The molecule has 18 heavy (non-hydrogen) atoms. The summed E-state index contributed by atoms with van der Waals surface area (Å²) in [7, 11) is 0. The maximum atomic E-state index is 5.90. The summed E-state index contributed by atoms with van der Waals surface area (Å²) in [5.74, 6) is 1.70. The van der Waals surface area contributed by atoms with Crippen LogP contribution in [0.1, 0.15) is 59.3 Å². The molecule has 0 spiro atoms. The Balaban J connectivity index is 1.65. The van der Waals surface area contributed by atoms with Crippen molar-refractivity contribution in [2.45, 2.75) is 77.5 Å². The molecule has 0 aromatic carbocycles. The second kappa shape index (κ2) is 4.79. The van der Waals surface area contributed by atoms with Crippen molar-refractivity contribution in [1.82, 2.24) is 5.32 Å². The fourth-order valence-electron chi connectivity index (χ4n) is 4.81. The van der Waals surface area contributed by atoms with Crippen LogP contribution in [0.15, 0.2) is 0 Å². The van der Waals surface area contributed by atoms with E-state index in [1.54, 1.807) is 0 Å². The van der Waals surface area contributed by atoms with E-state index in [1.807, 2.05) is 0 Å². The maximum Gasteiger partial charge on any atom is 0.0685 e. The van der Waals surface area contributed by atoms with E-state index < -0.39 is 0 Å². The van der Waals surface area contributed by atoms with Crippen LogP contribution in [0.5, 0.6) is 0 Å². The number of rotatable bonds is 3. The van der Waals surface area contributed by atoms with E-state index in [-0.39, 0.29) is 0 Å². The molecule has 2 heteroatoms. The molecule has 2 aliphatic carbocycles. The van der Waals surface area contributed by atoms with E-state index in [9.17, 15) is 0 Å². The lowest BCUT2D eigenvalue weighted by atomic mass is 9.57. The largest absolute Gasteiger partial charge is 0.377 e. The van der Waals surface area contributed by atoms with E-state index in [0.717, 1.165) is 24.5 Å². The van der Waals surface area contributed by atoms with Crippen LogP contribution in [0.4, 0.5) is 0 Å². The highest BCUT2D eigenvalue weighted by molar-refractivity contribution is 5.12. The summed E-state index contributed by atoms with van der Waals surface area (Å²) in [6.45, 7) is 8.12. The summed E-state index contributed by atoms with van der Waals surface area (Å²) in [5, 5.41) is 4.04. The Bertz CT molecular complexity index is 301. The van der Waals surface area contributed by atoms with Crippen molar-refractivity contribution < 1.29 is 4.74 Å². The third kappa shape index (κ3) is 1.92. The molecule has 1 N–H and O–H groups in total. The van der Waals surface area contributed by atoms with Gasteiger partial charge < -0.3 is 10.1 Å². The first-order valence-electron chi connectivity index (χ1n) is 8.02. The molecule has 3 rings (SSSR count). The van der Waals surface area contributed by atoms with Crippen molar-refractivity contribution in [2.75, 3.05) is 6.61 Å². The van der Waals surface area contributed by atoms with E-state index in [1.165, 1.54) is 38.5 Å². The molecule has 0 aromatic heterocycles. The Kier molecular flexibility index (Phi) is 3.44. The van der Waals surface area contributed by atoms with Crippen LogP contribution < -0.4 is 5.32 Å². The van der Waals surface area contributed by atoms with E-state index in [0.29, 0.717) is 17.6 Å². The summed E-state index contributed by atoms with van der Waals surface area (Å²) in [6, 6.07) is 1.47. The maximum absolute atomic E-state index is 5.90. The molecule has 0 aromatic rings. The van der Waals surface area contributed by atoms with Crippen LogP contribution in [0.25, 0.3) is 0 Å². The van der Waals surface area contributed by atoms with Gasteiger partial charge in [-0.2, -0.15) is 0 Å². The van der Waals surface area contributed by atoms with Crippen molar-refractivity contribution in [2.24, 2.45) is 17.3 Å². The third-order valence-electron chi connectivity index (χ3n) is 5.93. The molecule has 2 saturated carbocycles. The lowest BCUT2D eigenvalue weighted by molar-refractivity contribution is -0.118. The van der Waals surface area contributed by atoms with Gasteiger partial charge in [0.05, 0.1) is 6.10 Å². The van der Waals surface area contributed by atoms with Gasteiger partial charge in [-0.15, -0.1) is 0 Å². The van der Waals surface area contributed by atoms with Gasteiger partial charge in [-0.05, 0) is 25.2 Å². The number of ether oxygens (including phenoxy) is 1. The lowest BCUT2D eigenvalue weighted by Gasteiger charge is -2.56. The average Bonchev–Trinajstić information content (AvgIpc) is 2.83. The Morgan fingerprint density at radius 3 is 2.72 bits per heavy atom. The van der Waals surface area contributed by atoms with Crippen molar-refractivity contribution in [3.63, 3.8) is 0 Å². The molecular formula is C16H29NO. The third-order valence-corrected chi connectivity index (χ3v) is 5.93. The van der Waals surface area contributed by atoms with E-state index in [2.05, 4.69) is 26.1 Å². The minimum Gasteiger partial charge on any atom is -0.377 e. The molecule has 3 aliphatic rings. The molecule has 104 valence electrons. The highest BCUT2D eigenvalue weighted by atomic mass is 16.5. The number of nitrogens with one attached hydrogen (secondary N) is 1. The van der Waals surface area contributed by atoms with Gasteiger partial charge >= 0.3 is 0 Å². The van der Waals surface area contributed by atoms with Gasteiger partial charge in [-0.3, -0.25) is 0 Å². The number of hydrogen-bond donors (Lipinski definition) is 1. The first kappa shape index (κ1) is 12.9. The Hall–Kier alpha value is -0.0800. The number of hydrogen-bond acceptors (Lipinski definition) is 2. The molecule has 2 nitrogen and oxygen atoms in total. The lowest BCUT2D eigenvalue weighted by Crippen LogP contribution is -2.68. The molecule has 1 heterocycles. The normalized spacial score (nSPS) is 46.5. The molecule has 1 aliphatic heterocycles. The molecule has 5 atom stereocenters. The number of fused-ring (bicyclic) bond motifs is 1. The summed E-state index contributed by atoms with van der Waals surface area (Å²) in [4.78, 5) is 0. The molecule has 0 bridgehead atoms. The highest BCUT2D eigenvalue weighted by Crippen LogP contribution is 2.52. The molecular weight excluding hydrogens is 222 g/mol. The van der Waals surface area contributed by atoms with Gasteiger partial charge in [0.1, 0.15) is 0 Å². The SMILES string of the molecule is CCC1CCCCC1NC1C2CCOC2C1(C)C. The van der Waals surface area contributed by atoms with Crippen molar-refractivity contribution in [3.8, 4) is 0 Å². The predicted octanol–water partition coefficient (Wildman–Crippen LogP) is 3.36. The minimum atomic E-state index is 0.344. The second-order valence-corrected chi connectivity index (χ2v) is 7.27. The molecule has 0 radical (unpaired) electrons. The van der Waals surface area contributed by atoms with Gasteiger partial charge in [-0.1, -0.05) is 40.0 Å². The topological polar surface area (TPSA) is 21.3 Å². The van der Waals surface area contributed by atoms with E-state index >= 15 is 0 Å². The quantitative estimate of drug-likeness (QED) is 0.830. The monoisotopic (exact) mass is 251 g/mol. The Labute approximate surface area is 112 Å². The van der Waals surface area contributed by atoms with Gasteiger partial charge in [0.15, 0.2) is 0 Å². The Morgan fingerprint density at radius 1 is 1.17 bits per heavy atom. The zero-order valence-corrected chi connectivity index (χ0v) is 12.2. The van der Waals surface area contributed by atoms with Crippen LogP contribution in [-0.2, 0) is 4.74 Å². The van der Waals surface area contributed by atoms with Gasteiger partial charge in [-0.25, -0.2) is 0 Å². The average molecular weight is 251 g/mol. The zero-order chi connectivity index (χ0) is 12.8. The zero-order valence-electron chi connectivity index (χ0n) is 12.2. The first-order chi connectivity index (χ1) is 8.64. The Morgan fingerprint density at radius 2 is 1.94 bits per heavy atom. The van der Waals surface area contributed by atoms with Crippen LogP contribution in [-0.4, -0.2) is 24.8 Å². The predicted molar refractivity (Wildman–Crippen MR) is 74.6 cm³/mol. The van der Waals surface area contributed by atoms with Gasteiger partial charge in [0.25, 0.3) is 0 Å². The smallest absolute Gasteiger partial charge is 0.0685 e. The molecule has 1 saturated heterocycles. The fourth-order valence-corrected chi connectivity index (χ4v) is 4.81. The highest BCUT2D eigenvalue weighted by Gasteiger charge is 2.59. The van der Waals surface area contributed by atoms with E-state index in [4.69, 9.17) is 4.74 Å². The molecule has 5 unspecified atom stereocenters. The summed E-state index contributed by atoms with van der Waals surface area (Å²) in [6.07, 6.45) is 8.84. The minimum absolute atomic E-state index is 0.344. The molecule has 3 fully saturated rings. The standard InChI is InChI=1S/C16H29NO/c1-4-11-7-5-6-8-13(11)17-14-12-9-10-18-15(12)16(14,2)3/h11-15,17H,4-10H2,1-3H3. The van der Waals surface area contributed by atoms with Crippen molar-refractivity contribution in [3.05, 3.63) is 0 Å². The summed E-state index contributed by atoms with van der Waals surface area (Å²) < 4.78 is 5.90. The summed E-state index contributed by atoms with van der Waals surface area (Å²) >= 11 is 0. The second-order valence-electron chi connectivity index (χ2n) is 7.27. The fraction of sp³-hybridized carbons (Fsp3) is 1.00. The summed E-state index contributed by atoms with van der Waals surface area (Å²) in [5.41, 5.74) is 0.344. The van der Waals surface area contributed by atoms with Crippen LogP contribution in [0.2, 0.25) is 0 Å². The van der Waals surface area contributed by atoms with Crippen molar-refractivity contribution in [1.29, 1.82) is 0 Å². The van der Waals surface area contributed by atoms with Crippen LogP contribution in [0.3, 0.4) is 0 Å². The van der Waals surface area contributed by atoms with Crippen LogP contribution >= 0.6 is 0 Å². The first-order valence-corrected chi connectivity index (χ1v) is 8.02. The van der Waals surface area contributed by atoms with Crippen LogP contribution in [0, 0.1) is 17.3 Å². The van der Waals surface area contributed by atoms with Crippen molar-refractivity contribution >= 4 is 0 Å². The molecule has 0 amide bonds. The van der Waals surface area contributed by atoms with Gasteiger partial charge in [0.2, 0.25) is 0 Å².